The zero-order valence-corrected chi connectivity index (χ0v) is 12.0. The van der Waals surface area contributed by atoms with Gasteiger partial charge in [-0.15, -0.1) is 0 Å². The Hall–Kier alpha value is -0.520. The predicted molar refractivity (Wildman–Crippen MR) is 73.8 cm³/mol. The van der Waals surface area contributed by atoms with Gasteiger partial charge in [0.1, 0.15) is 0 Å². The Kier molecular flexibility index (Phi) is 6.62. The van der Waals surface area contributed by atoms with Crippen molar-refractivity contribution in [3.63, 3.8) is 0 Å². The zero-order chi connectivity index (χ0) is 12.7. The Morgan fingerprint density at radius 3 is 2.88 bits per heavy atom. The molecule has 5 heteroatoms. The van der Waals surface area contributed by atoms with Gasteiger partial charge in [-0.2, -0.15) is 11.8 Å². The van der Waals surface area contributed by atoms with Crippen molar-refractivity contribution < 1.29 is 14.6 Å². The van der Waals surface area contributed by atoms with Crippen LogP contribution in [0, 0.1) is 0 Å². The van der Waals surface area contributed by atoms with Gasteiger partial charge in [0.05, 0.1) is 5.56 Å². The molecular formula is C12H15BrO3S. The maximum absolute atomic E-state index is 10.8. The number of carbonyl (C=O) groups is 1. The second kappa shape index (κ2) is 7.74. The molecule has 0 bridgehead atoms. The fourth-order valence-corrected chi connectivity index (χ4v) is 2.93. The fraction of sp³-hybridized carbons (Fsp3) is 0.417. The smallest absolute Gasteiger partial charge is 0.335 e. The number of halogens is 1. The third-order valence-corrected chi connectivity index (χ3v) is 4.03. The lowest BCUT2D eigenvalue weighted by Crippen LogP contribution is -1.97. The van der Waals surface area contributed by atoms with E-state index in [1.165, 1.54) is 0 Å². The van der Waals surface area contributed by atoms with E-state index < -0.39 is 5.97 Å². The molecule has 0 heterocycles. The number of thioether (sulfide) groups is 1. The maximum atomic E-state index is 10.8. The SMILES string of the molecule is COCCCSCc1ccc(C(=O)O)cc1Br. The van der Waals surface area contributed by atoms with E-state index in [2.05, 4.69) is 15.9 Å². The summed E-state index contributed by atoms with van der Waals surface area (Å²) in [6.45, 7) is 0.784. The van der Waals surface area contributed by atoms with Gasteiger partial charge < -0.3 is 9.84 Å². The molecule has 0 saturated heterocycles. The number of rotatable bonds is 7. The van der Waals surface area contributed by atoms with Crippen LogP contribution in [0.5, 0.6) is 0 Å². The highest BCUT2D eigenvalue weighted by atomic mass is 79.9. The minimum atomic E-state index is -0.898. The first kappa shape index (κ1) is 14.5. The average Bonchev–Trinajstić information content (AvgIpc) is 2.30. The molecule has 1 aromatic carbocycles. The third-order valence-electron chi connectivity index (χ3n) is 2.19. The third kappa shape index (κ3) is 5.10. The van der Waals surface area contributed by atoms with Crippen molar-refractivity contribution in [1.29, 1.82) is 0 Å². The highest BCUT2D eigenvalue weighted by molar-refractivity contribution is 9.10. The molecule has 0 atom stereocenters. The molecule has 0 aliphatic rings. The molecular weight excluding hydrogens is 304 g/mol. The van der Waals surface area contributed by atoms with Crippen LogP contribution in [0.25, 0.3) is 0 Å². The molecule has 0 aliphatic heterocycles. The number of aromatic carboxylic acids is 1. The molecule has 3 nitrogen and oxygen atoms in total. The molecule has 0 radical (unpaired) electrons. The van der Waals surface area contributed by atoms with Gasteiger partial charge in [-0.05, 0) is 29.9 Å². The van der Waals surface area contributed by atoms with E-state index in [9.17, 15) is 4.79 Å². The molecule has 0 unspecified atom stereocenters. The summed E-state index contributed by atoms with van der Waals surface area (Å²) in [5.41, 5.74) is 1.43. The Labute approximate surface area is 114 Å². The normalized spacial score (nSPS) is 10.5. The molecule has 0 aromatic heterocycles. The van der Waals surface area contributed by atoms with Crippen molar-refractivity contribution in [2.45, 2.75) is 12.2 Å². The van der Waals surface area contributed by atoms with Crippen molar-refractivity contribution in [3.05, 3.63) is 33.8 Å². The van der Waals surface area contributed by atoms with E-state index in [0.717, 1.165) is 34.6 Å². The van der Waals surface area contributed by atoms with E-state index in [1.54, 1.807) is 19.2 Å². The monoisotopic (exact) mass is 318 g/mol. The molecule has 0 spiro atoms. The number of benzene rings is 1. The maximum Gasteiger partial charge on any atom is 0.335 e. The quantitative estimate of drug-likeness (QED) is 0.782. The Morgan fingerprint density at radius 2 is 2.29 bits per heavy atom. The van der Waals surface area contributed by atoms with Gasteiger partial charge in [0.2, 0.25) is 0 Å². The fourth-order valence-electron chi connectivity index (χ4n) is 1.28. The minimum Gasteiger partial charge on any atom is -0.478 e. The topological polar surface area (TPSA) is 46.5 Å². The van der Waals surface area contributed by atoms with Gasteiger partial charge in [0.25, 0.3) is 0 Å². The summed E-state index contributed by atoms with van der Waals surface area (Å²) in [5.74, 6) is 1.02. The largest absolute Gasteiger partial charge is 0.478 e. The van der Waals surface area contributed by atoms with Crippen LogP contribution in [0.2, 0.25) is 0 Å². The summed E-state index contributed by atoms with van der Waals surface area (Å²) in [7, 11) is 1.70. The van der Waals surface area contributed by atoms with Gasteiger partial charge in [-0.1, -0.05) is 22.0 Å². The molecule has 1 aromatic rings. The highest BCUT2D eigenvalue weighted by Crippen LogP contribution is 2.23. The summed E-state index contributed by atoms with van der Waals surface area (Å²) >= 11 is 5.21. The molecule has 17 heavy (non-hydrogen) atoms. The first-order valence-electron chi connectivity index (χ1n) is 5.23. The number of methoxy groups -OCH3 is 1. The van der Waals surface area contributed by atoms with E-state index in [1.807, 2.05) is 17.8 Å². The second-order valence-corrected chi connectivity index (χ2v) is 5.47. The van der Waals surface area contributed by atoms with Crippen LogP contribution < -0.4 is 0 Å². The van der Waals surface area contributed by atoms with Crippen molar-refractivity contribution in [3.8, 4) is 0 Å². The Morgan fingerprint density at radius 1 is 1.53 bits per heavy atom. The van der Waals surface area contributed by atoms with Gasteiger partial charge in [0, 0.05) is 23.9 Å². The van der Waals surface area contributed by atoms with Crippen molar-refractivity contribution >= 4 is 33.7 Å². The van der Waals surface area contributed by atoms with Crippen LogP contribution in [-0.4, -0.2) is 30.5 Å². The summed E-state index contributed by atoms with van der Waals surface area (Å²) in [6, 6.07) is 5.14. The van der Waals surface area contributed by atoms with Crippen LogP contribution in [0.1, 0.15) is 22.3 Å². The first-order chi connectivity index (χ1) is 8.15. The van der Waals surface area contributed by atoms with Crippen molar-refractivity contribution in [2.24, 2.45) is 0 Å². The van der Waals surface area contributed by atoms with Crippen molar-refractivity contribution in [2.75, 3.05) is 19.5 Å². The van der Waals surface area contributed by atoms with Crippen LogP contribution in [0.15, 0.2) is 22.7 Å². The lowest BCUT2D eigenvalue weighted by atomic mass is 10.1. The van der Waals surface area contributed by atoms with Gasteiger partial charge in [0.15, 0.2) is 0 Å². The zero-order valence-electron chi connectivity index (χ0n) is 9.61. The second-order valence-electron chi connectivity index (χ2n) is 3.51. The van der Waals surface area contributed by atoms with E-state index in [-0.39, 0.29) is 0 Å². The number of hydrogen-bond acceptors (Lipinski definition) is 3. The summed E-state index contributed by atoms with van der Waals surface area (Å²) < 4.78 is 5.83. The molecule has 1 rings (SSSR count). The summed E-state index contributed by atoms with van der Waals surface area (Å²) in [4.78, 5) is 10.8. The van der Waals surface area contributed by atoms with E-state index >= 15 is 0 Å². The average molecular weight is 319 g/mol. The van der Waals surface area contributed by atoms with Gasteiger partial charge >= 0.3 is 5.97 Å². The van der Waals surface area contributed by atoms with Crippen LogP contribution in [0.3, 0.4) is 0 Å². The van der Waals surface area contributed by atoms with E-state index in [4.69, 9.17) is 9.84 Å². The molecule has 0 amide bonds. The Bertz CT molecular complexity index is 382. The standard InChI is InChI=1S/C12H15BrO3S/c1-16-5-2-6-17-8-10-4-3-9(12(14)15)7-11(10)13/h3-4,7H,2,5-6,8H2,1H3,(H,14,15). The Balaban J connectivity index is 2.46. The summed E-state index contributed by atoms with van der Waals surface area (Å²) in [5, 5.41) is 8.83. The van der Waals surface area contributed by atoms with Crippen LogP contribution >= 0.6 is 27.7 Å². The van der Waals surface area contributed by atoms with Crippen LogP contribution in [-0.2, 0) is 10.5 Å². The van der Waals surface area contributed by atoms with E-state index in [0.29, 0.717) is 5.56 Å². The molecule has 0 saturated carbocycles. The number of carboxylic acids is 1. The van der Waals surface area contributed by atoms with Crippen molar-refractivity contribution in [1.82, 2.24) is 0 Å². The number of ether oxygens (including phenoxy) is 1. The number of carboxylic acid groups (broad SMARTS) is 1. The molecule has 1 N–H and O–H groups in total. The first-order valence-corrected chi connectivity index (χ1v) is 7.18. The van der Waals surface area contributed by atoms with Gasteiger partial charge in [-0.3, -0.25) is 0 Å². The molecule has 0 fully saturated rings. The minimum absolute atomic E-state index is 0.310. The number of hydrogen-bond donors (Lipinski definition) is 1. The predicted octanol–water partition coefficient (Wildman–Crippen LogP) is 3.42. The lowest BCUT2D eigenvalue weighted by molar-refractivity contribution is 0.0697. The molecule has 94 valence electrons. The highest BCUT2D eigenvalue weighted by Gasteiger charge is 2.06. The molecule has 0 aliphatic carbocycles. The van der Waals surface area contributed by atoms with Crippen LogP contribution in [0.4, 0.5) is 0 Å². The summed E-state index contributed by atoms with van der Waals surface area (Å²) in [6.07, 6.45) is 1.03. The lowest BCUT2D eigenvalue weighted by Gasteiger charge is -2.05. The van der Waals surface area contributed by atoms with Gasteiger partial charge in [-0.25, -0.2) is 4.79 Å².